The minimum absolute atomic E-state index is 0.00247. The van der Waals surface area contributed by atoms with E-state index in [0.717, 1.165) is 25.5 Å². The number of hydrogen-bond acceptors (Lipinski definition) is 2. The van der Waals surface area contributed by atoms with Gasteiger partial charge in [0.2, 0.25) is 5.91 Å². The van der Waals surface area contributed by atoms with Gasteiger partial charge in [-0.15, -0.1) is 0 Å². The molecule has 0 radical (unpaired) electrons. The number of rotatable bonds is 7. The van der Waals surface area contributed by atoms with Gasteiger partial charge in [0.15, 0.2) is 5.96 Å². The number of nitrogens with zero attached hydrogens (tertiary/aromatic N) is 1. The van der Waals surface area contributed by atoms with Gasteiger partial charge in [-0.25, -0.2) is 0 Å². The average molecular weight is 332 g/mol. The topological polar surface area (TPSA) is 65.5 Å². The van der Waals surface area contributed by atoms with Gasteiger partial charge in [-0.1, -0.05) is 29.3 Å². The number of guanidine groups is 1. The number of hydrogen-bond donors (Lipinski definition) is 3. The summed E-state index contributed by atoms with van der Waals surface area (Å²) in [6, 6.07) is 6.62. The van der Waals surface area contributed by atoms with Crippen LogP contribution in [0.4, 0.5) is 0 Å². The Morgan fingerprint density at radius 1 is 1.12 bits per heavy atom. The Morgan fingerprint density at radius 3 is 2.29 bits per heavy atom. The maximum absolute atomic E-state index is 11.8. The summed E-state index contributed by atoms with van der Waals surface area (Å²) in [5, 5.41) is 9.26. The van der Waals surface area contributed by atoms with Crippen molar-refractivity contribution in [3.05, 3.63) is 34.9 Å². The van der Waals surface area contributed by atoms with Crippen molar-refractivity contribution < 1.29 is 4.79 Å². The van der Waals surface area contributed by atoms with E-state index in [1.807, 2.05) is 20.8 Å². The molecular formula is C19H32N4O. The van der Waals surface area contributed by atoms with Crippen LogP contribution in [0, 0.1) is 19.3 Å². The molecule has 0 aromatic heterocycles. The molecule has 0 spiro atoms. The molecule has 0 bridgehead atoms. The van der Waals surface area contributed by atoms with Gasteiger partial charge in [0, 0.05) is 20.1 Å². The van der Waals surface area contributed by atoms with E-state index >= 15 is 0 Å². The molecule has 0 aliphatic heterocycles. The number of benzene rings is 1. The molecule has 0 saturated carbocycles. The summed E-state index contributed by atoms with van der Waals surface area (Å²) < 4.78 is 0. The van der Waals surface area contributed by atoms with Crippen molar-refractivity contribution in [3.8, 4) is 0 Å². The van der Waals surface area contributed by atoms with E-state index in [9.17, 15) is 4.79 Å². The highest BCUT2D eigenvalue weighted by molar-refractivity contribution is 5.83. The second kappa shape index (κ2) is 9.30. The molecule has 134 valence electrons. The lowest BCUT2D eigenvalue weighted by molar-refractivity contribution is -0.128. The van der Waals surface area contributed by atoms with Crippen molar-refractivity contribution in [2.24, 2.45) is 10.4 Å². The molecule has 1 rings (SSSR count). The van der Waals surface area contributed by atoms with Crippen molar-refractivity contribution in [3.63, 3.8) is 0 Å². The van der Waals surface area contributed by atoms with E-state index in [1.165, 1.54) is 16.7 Å². The first-order valence-corrected chi connectivity index (χ1v) is 8.60. The van der Waals surface area contributed by atoms with Crippen molar-refractivity contribution in [1.82, 2.24) is 16.0 Å². The molecule has 0 aliphatic rings. The monoisotopic (exact) mass is 332 g/mol. The van der Waals surface area contributed by atoms with E-state index in [0.29, 0.717) is 6.54 Å². The van der Waals surface area contributed by atoms with Crippen LogP contribution in [0.1, 0.15) is 37.5 Å². The van der Waals surface area contributed by atoms with Crippen molar-refractivity contribution in [2.75, 3.05) is 26.7 Å². The highest BCUT2D eigenvalue weighted by atomic mass is 16.2. The van der Waals surface area contributed by atoms with Gasteiger partial charge < -0.3 is 16.0 Å². The molecule has 1 amide bonds. The highest BCUT2D eigenvalue weighted by Gasteiger charge is 2.26. The average Bonchev–Trinajstić information content (AvgIpc) is 2.50. The molecule has 0 atom stereocenters. The van der Waals surface area contributed by atoms with E-state index in [1.54, 1.807) is 7.05 Å². The number of amides is 1. The number of aliphatic imine (C=N–C) groups is 1. The van der Waals surface area contributed by atoms with Gasteiger partial charge in [-0.2, -0.15) is 0 Å². The largest absolute Gasteiger partial charge is 0.359 e. The van der Waals surface area contributed by atoms with Crippen LogP contribution in [0.3, 0.4) is 0 Å². The molecule has 3 N–H and O–H groups in total. The third kappa shape index (κ3) is 6.60. The lowest BCUT2D eigenvalue weighted by atomic mass is 9.93. The van der Waals surface area contributed by atoms with Crippen LogP contribution < -0.4 is 16.0 Å². The summed E-state index contributed by atoms with van der Waals surface area (Å²) in [5.74, 6) is 0.746. The Labute approximate surface area is 146 Å². The molecule has 1 aromatic carbocycles. The fourth-order valence-corrected chi connectivity index (χ4v) is 2.57. The lowest BCUT2D eigenvalue weighted by Gasteiger charge is -2.21. The van der Waals surface area contributed by atoms with Crippen LogP contribution in [0.15, 0.2) is 23.2 Å². The summed E-state index contributed by atoms with van der Waals surface area (Å²) in [5.41, 5.74) is 3.38. The van der Waals surface area contributed by atoms with Gasteiger partial charge >= 0.3 is 0 Å². The quantitative estimate of drug-likeness (QED) is 0.530. The van der Waals surface area contributed by atoms with Crippen molar-refractivity contribution in [2.45, 2.75) is 41.0 Å². The maximum Gasteiger partial charge on any atom is 0.227 e. The minimum atomic E-state index is -0.523. The molecule has 0 heterocycles. The number of aryl methyl sites for hydroxylation is 2. The van der Waals surface area contributed by atoms with Crippen LogP contribution >= 0.6 is 0 Å². The predicted octanol–water partition coefficient (Wildman–Crippen LogP) is 2.17. The zero-order valence-corrected chi connectivity index (χ0v) is 15.9. The Kier molecular flexibility index (Phi) is 7.75. The third-order valence-corrected chi connectivity index (χ3v) is 3.81. The standard InChI is InChI=1S/C19H32N4O/c1-7-21-18(23-13-19(4,5)17(24)20-6)22-9-8-16-11-14(2)10-15(3)12-16/h10-12H,7-9,13H2,1-6H3,(H,20,24)(H2,21,22,23). The normalized spacial score (nSPS) is 12.0. The second-order valence-corrected chi connectivity index (χ2v) is 6.83. The second-order valence-electron chi connectivity index (χ2n) is 6.83. The zero-order chi connectivity index (χ0) is 18.2. The van der Waals surface area contributed by atoms with Gasteiger partial charge in [0.25, 0.3) is 0 Å². The van der Waals surface area contributed by atoms with Crippen molar-refractivity contribution in [1.29, 1.82) is 0 Å². The van der Waals surface area contributed by atoms with Gasteiger partial charge in [-0.3, -0.25) is 9.79 Å². The SMILES string of the molecule is CCNC(=NCC(C)(C)C(=O)NC)NCCc1cc(C)cc(C)c1. The van der Waals surface area contributed by atoms with E-state index < -0.39 is 5.41 Å². The summed E-state index contributed by atoms with van der Waals surface area (Å²) >= 11 is 0. The first-order chi connectivity index (χ1) is 11.3. The molecule has 1 aromatic rings. The van der Waals surface area contributed by atoms with E-state index in [4.69, 9.17) is 0 Å². The Hall–Kier alpha value is -2.04. The Balaban J connectivity index is 2.62. The van der Waals surface area contributed by atoms with E-state index in [2.05, 4.69) is 53.0 Å². The summed E-state index contributed by atoms with van der Waals surface area (Å²) in [6.07, 6.45) is 0.936. The van der Waals surface area contributed by atoms with Crippen LogP contribution in [0.5, 0.6) is 0 Å². The lowest BCUT2D eigenvalue weighted by Crippen LogP contribution is -2.41. The molecular weight excluding hydrogens is 300 g/mol. The summed E-state index contributed by atoms with van der Waals surface area (Å²) in [4.78, 5) is 16.4. The molecule has 24 heavy (non-hydrogen) atoms. The zero-order valence-electron chi connectivity index (χ0n) is 15.9. The number of carbonyl (C=O) groups excluding carboxylic acids is 1. The molecule has 0 saturated heterocycles. The Bertz CT molecular complexity index is 558. The Morgan fingerprint density at radius 2 is 1.75 bits per heavy atom. The van der Waals surface area contributed by atoms with Crippen LogP contribution in [0.25, 0.3) is 0 Å². The summed E-state index contributed by atoms with van der Waals surface area (Å²) in [7, 11) is 1.65. The predicted molar refractivity (Wildman–Crippen MR) is 101 cm³/mol. The van der Waals surface area contributed by atoms with Crippen LogP contribution in [-0.2, 0) is 11.2 Å². The fourth-order valence-electron chi connectivity index (χ4n) is 2.57. The number of carbonyl (C=O) groups is 1. The summed E-state index contributed by atoms with van der Waals surface area (Å²) in [6.45, 7) is 12.1. The van der Waals surface area contributed by atoms with Crippen LogP contribution in [0.2, 0.25) is 0 Å². The maximum atomic E-state index is 11.8. The molecule has 0 fully saturated rings. The minimum Gasteiger partial charge on any atom is -0.359 e. The third-order valence-electron chi connectivity index (χ3n) is 3.81. The first-order valence-electron chi connectivity index (χ1n) is 8.60. The van der Waals surface area contributed by atoms with E-state index in [-0.39, 0.29) is 5.91 Å². The molecule has 5 heteroatoms. The smallest absolute Gasteiger partial charge is 0.227 e. The van der Waals surface area contributed by atoms with Gasteiger partial charge in [0.1, 0.15) is 0 Å². The first kappa shape index (κ1) is 20.0. The van der Waals surface area contributed by atoms with Gasteiger partial charge in [0.05, 0.1) is 12.0 Å². The molecule has 0 unspecified atom stereocenters. The van der Waals surface area contributed by atoms with Gasteiger partial charge in [-0.05, 0) is 46.6 Å². The number of nitrogens with one attached hydrogen (secondary N) is 3. The van der Waals surface area contributed by atoms with Crippen LogP contribution in [-0.4, -0.2) is 38.5 Å². The van der Waals surface area contributed by atoms with Crippen molar-refractivity contribution >= 4 is 11.9 Å². The molecule has 5 nitrogen and oxygen atoms in total. The highest BCUT2D eigenvalue weighted by Crippen LogP contribution is 2.15. The fraction of sp³-hybridized carbons (Fsp3) is 0.579. The molecule has 0 aliphatic carbocycles.